The van der Waals surface area contributed by atoms with Gasteiger partial charge < -0.3 is 14.1 Å². The van der Waals surface area contributed by atoms with E-state index in [1.165, 1.54) is 0 Å². The number of ether oxygens (including phenoxy) is 1. The average Bonchev–Trinajstić information content (AvgIpc) is 2.91. The van der Waals surface area contributed by atoms with Gasteiger partial charge in [-0.15, -0.1) is 0 Å². The van der Waals surface area contributed by atoms with Gasteiger partial charge in [0.2, 0.25) is 0 Å². The lowest BCUT2D eigenvalue weighted by molar-refractivity contribution is 0.108. The molecule has 0 saturated carbocycles. The molecule has 20 heavy (non-hydrogen) atoms. The highest BCUT2D eigenvalue weighted by Gasteiger charge is 2.16. The molecule has 5 heteroatoms. The number of rotatable bonds is 1. The first-order chi connectivity index (χ1) is 9.83. The number of aromatic amines is 1. The second kappa shape index (κ2) is 4.54. The minimum Gasteiger partial charge on any atom is -0.464 e. The van der Waals surface area contributed by atoms with Crippen LogP contribution >= 0.6 is 12.2 Å². The molecule has 0 radical (unpaired) electrons. The third-order valence-corrected chi connectivity index (χ3v) is 3.92. The molecule has 1 N–H and O–H groups in total. The van der Waals surface area contributed by atoms with Crippen LogP contribution in [-0.2, 0) is 17.8 Å². The molecule has 100 valence electrons. The Morgan fingerprint density at radius 1 is 1.25 bits per heavy atom. The molecule has 4 nitrogen and oxygen atoms in total. The molecular formula is C15H12N2O2S. The molecule has 0 amide bonds. The van der Waals surface area contributed by atoms with Crippen molar-refractivity contribution < 1.29 is 9.15 Å². The summed E-state index contributed by atoms with van der Waals surface area (Å²) in [6.07, 6.45) is 2.56. The maximum atomic E-state index is 5.57. The number of nitrogens with zero attached hydrogens (tertiary/aromatic N) is 1. The molecule has 3 aromatic rings. The predicted octanol–water partition coefficient (Wildman–Crippen LogP) is 3.63. The van der Waals surface area contributed by atoms with Crippen molar-refractivity contribution >= 4 is 23.2 Å². The fourth-order valence-corrected chi connectivity index (χ4v) is 2.82. The Morgan fingerprint density at radius 2 is 2.15 bits per heavy atom. The number of furan rings is 1. The first-order valence-electron chi connectivity index (χ1n) is 6.49. The maximum absolute atomic E-state index is 5.57. The van der Waals surface area contributed by atoms with Crippen LogP contribution in [0.25, 0.3) is 22.4 Å². The Kier molecular flexibility index (Phi) is 2.68. The summed E-state index contributed by atoms with van der Waals surface area (Å²) in [5, 5.41) is 1.04. The van der Waals surface area contributed by atoms with Crippen molar-refractivity contribution in [2.24, 2.45) is 0 Å². The summed E-state index contributed by atoms with van der Waals surface area (Å²) in [6.45, 7) is 1.26. The normalized spacial score (nSPS) is 14.4. The van der Waals surface area contributed by atoms with Crippen molar-refractivity contribution in [1.29, 1.82) is 0 Å². The van der Waals surface area contributed by atoms with Crippen LogP contribution in [0.2, 0.25) is 0 Å². The molecule has 3 heterocycles. The monoisotopic (exact) mass is 284 g/mol. The summed E-state index contributed by atoms with van der Waals surface area (Å²) >= 11 is 5.38. The zero-order valence-corrected chi connectivity index (χ0v) is 11.5. The molecule has 4 rings (SSSR count). The van der Waals surface area contributed by atoms with Gasteiger partial charge in [0.05, 0.1) is 18.8 Å². The Labute approximate surface area is 120 Å². The summed E-state index contributed by atoms with van der Waals surface area (Å²) in [5.41, 5.74) is 3.92. The number of hydrogen-bond acceptors (Lipinski definition) is 4. The van der Waals surface area contributed by atoms with Crippen LogP contribution in [0, 0.1) is 4.64 Å². The lowest BCUT2D eigenvalue weighted by Gasteiger charge is -2.16. The minimum absolute atomic E-state index is 0.546. The van der Waals surface area contributed by atoms with E-state index in [9.17, 15) is 0 Å². The zero-order chi connectivity index (χ0) is 13.5. The van der Waals surface area contributed by atoms with E-state index in [1.54, 1.807) is 6.26 Å². The van der Waals surface area contributed by atoms with Crippen LogP contribution in [-0.4, -0.2) is 16.6 Å². The van der Waals surface area contributed by atoms with E-state index in [4.69, 9.17) is 21.4 Å². The van der Waals surface area contributed by atoms with E-state index in [0.29, 0.717) is 17.9 Å². The van der Waals surface area contributed by atoms with Crippen molar-refractivity contribution in [3.63, 3.8) is 0 Å². The third-order valence-electron chi connectivity index (χ3n) is 3.58. The Hall–Kier alpha value is -1.98. The van der Waals surface area contributed by atoms with E-state index in [-0.39, 0.29) is 0 Å². The molecule has 0 spiro atoms. The fourth-order valence-electron chi connectivity index (χ4n) is 2.54. The van der Waals surface area contributed by atoms with Crippen LogP contribution in [0.3, 0.4) is 0 Å². The van der Waals surface area contributed by atoms with Gasteiger partial charge in [-0.05, 0) is 6.07 Å². The van der Waals surface area contributed by atoms with Gasteiger partial charge in [-0.3, -0.25) is 0 Å². The van der Waals surface area contributed by atoms with Gasteiger partial charge in [-0.1, -0.05) is 30.4 Å². The number of nitrogens with one attached hydrogen (secondary N) is 1. The number of hydrogen-bond donors (Lipinski definition) is 1. The lowest BCUT2D eigenvalue weighted by atomic mass is 10.1. The van der Waals surface area contributed by atoms with Gasteiger partial charge in [0.1, 0.15) is 22.3 Å². The van der Waals surface area contributed by atoms with Crippen LogP contribution in [0.15, 0.2) is 34.9 Å². The molecule has 0 fully saturated rings. The Morgan fingerprint density at radius 3 is 3.10 bits per heavy atom. The first kappa shape index (κ1) is 11.8. The highest BCUT2D eigenvalue weighted by Crippen LogP contribution is 2.29. The van der Waals surface area contributed by atoms with Crippen molar-refractivity contribution in [2.45, 2.75) is 13.0 Å². The van der Waals surface area contributed by atoms with E-state index in [1.807, 2.05) is 24.3 Å². The van der Waals surface area contributed by atoms with Gasteiger partial charge in [-0.25, -0.2) is 4.98 Å². The van der Waals surface area contributed by atoms with Crippen LogP contribution in [0.5, 0.6) is 0 Å². The molecule has 1 aliphatic heterocycles. The van der Waals surface area contributed by atoms with E-state index < -0.39 is 0 Å². The molecule has 0 atom stereocenters. The summed E-state index contributed by atoms with van der Waals surface area (Å²) in [6, 6.07) is 7.91. The summed E-state index contributed by atoms with van der Waals surface area (Å²) in [7, 11) is 0. The number of benzene rings is 1. The standard InChI is InChI=1S/C15H12N2O2S/c20-15-11-7-18-6-5-12(11)16-14(17-15)10-8-19-13-4-2-1-3-9(10)13/h1-4,8H,5-7H2,(H,16,17,20). The highest BCUT2D eigenvalue weighted by atomic mass is 32.1. The predicted molar refractivity (Wildman–Crippen MR) is 78.0 cm³/mol. The van der Waals surface area contributed by atoms with Gasteiger partial charge >= 0.3 is 0 Å². The summed E-state index contributed by atoms with van der Waals surface area (Å²) in [5.74, 6) is 0.764. The highest BCUT2D eigenvalue weighted by molar-refractivity contribution is 7.71. The molecule has 0 aliphatic carbocycles. The number of H-pyrrole nitrogens is 1. The summed E-state index contributed by atoms with van der Waals surface area (Å²) < 4.78 is 11.6. The zero-order valence-electron chi connectivity index (χ0n) is 10.7. The topological polar surface area (TPSA) is 51.0 Å². The average molecular weight is 284 g/mol. The minimum atomic E-state index is 0.546. The van der Waals surface area contributed by atoms with Crippen molar-refractivity contribution in [3.8, 4) is 11.4 Å². The second-order valence-electron chi connectivity index (χ2n) is 4.80. The summed E-state index contributed by atoms with van der Waals surface area (Å²) in [4.78, 5) is 7.88. The van der Waals surface area contributed by atoms with E-state index >= 15 is 0 Å². The van der Waals surface area contributed by atoms with Gasteiger partial charge in [-0.2, -0.15) is 0 Å². The number of fused-ring (bicyclic) bond motifs is 2. The van der Waals surface area contributed by atoms with Crippen molar-refractivity contribution in [2.75, 3.05) is 6.61 Å². The molecule has 0 unspecified atom stereocenters. The molecular weight excluding hydrogens is 272 g/mol. The Bertz CT molecular complexity index is 850. The van der Waals surface area contributed by atoms with E-state index in [2.05, 4.69) is 9.97 Å². The molecule has 0 saturated heterocycles. The lowest BCUT2D eigenvalue weighted by Crippen LogP contribution is -2.14. The molecule has 2 aromatic heterocycles. The SMILES string of the molecule is S=c1nc(-c2coc3ccccc23)[nH]c2c1COCC2. The van der Waals surface area contributed by atoms with Crippen LogP contribution in [0.1, 0.15) is 11.3 Å². The quantitative estimate of drug-likeness (QED) is 0.693. The largest absolute Gasteiger partial charge is 0.464 e. The van der Waals surface area contributed by atoms with Crippen molar-refractivity contribution in [1.82, 2.24) is 9.97 Å². The molecule has 1 aromatic carbocycles. The molecule has 0 bridgehead atoms. The number of para-hydroxylation sites is 1. The first-order valence-corrected chi connectivity index (χ1v) is 6.90. The van der Waals surface area contributed by atoms with E-state index in [0.717, 1.165) is 40.0 Å². The fraction of sp³-hybridized carbons (Fsp3) is 0.200. The molecule has 1 aliphatic rings. The second-order valence-corrected chi connectivity index (χ2v) is 5.18. The van der Waals surface area contributed by atoms with Crippen LogP contribution < -0.4 is 0 Å². The third kappa shape index (κ3) is 1.78. The van der Waals surface area contributed by atoms with Crippen molar-refractivity contribution in [3.05, 3.63) is 46.4 Å². The maximum Gasteiger partial charge on any atom is 0.143 e. The number of aromatic nitrogens is 2. The van der Waals surface area contributed by atoms with Gasteiger partial charge in [0, 0.05) is 23.1 Å². The van der Waals surface area contributed by atoms with Gasteiger partial charge in [0.25, 0.3) is 0 Å². The Balaban J connectivity index is 1.94. The van der Waals surface area contributed by atoms with Crippen LogP contribution in [0.4, 0.5) is 0 Å². The van der Waals surface area contributed by atoms with Gasteiger partial charge in [0.15, 0.2) is 0 Å². The smallest absolute Gasteiger partial charge is 0.143 e.